The predicted octanol–water partition coefficient (Wildman–Crippen LogP) is 4.74. The number of hydrogen-bond donors (Lipinski definition) is 1. The van der Waals surface area contributed by atoms with Gasteiger partial charge in [-0.1, -0.05) is 0 Å². The van der Waals surface area contributed by atoms with Crippen LogP contribution in [0.15, 0.2) is 9.21 Å². The molecule has 7 heteroatoms. The summed E-state index contributed by atoms with van der Waals surface area (Å²) in [7, 11) is 6.12. The predicted molar refractivity (Wildman–Crippen MR) is 119 cm³/mol. The molecule has 0 bridgehead atoms. The molecule has 1 N–H and O–H groups in total. The van der Waals surface area contributed by atoms with Crippen molar-refractivity contribution in [3.05, 3.63) is 38.0 Å². The van der Waals surface area contributed by atoms with Gasteiger partial charge in [0.2, 0.25) is 11.2 Å². The Morgan fingerprint density at radius 3 is 1.65 bits per heavy atom. The lowest BCUT2D eigenvalue weighted by Gasteiger charge is -2.21. The van der Waals surface area contributed by atoms with Crippen molar-refractivity contribution < 1.29 is 28.5 Å². The summed E-state index contributed by atoms with van der Waals surface area (Å²) in [5, 5.41) is 11.1. The Morgan fingerprint density at radius 2 is 1.13 bits per heavy atom. The average Bonchev–Trinajstić information content (AvgIpc) is 2.74. The van der Waals surface area contributed by atoms with Crippen molar-refractivity contribution in [2.45, 2.75) is 34.6 Å². The molecule has 0 fully saturated rings. The van der Waals surface area contributed by atoms with Crippen LogP contribution in [0.4, 0.5) is 0 Å². The van der Waals surface area contributed by atoms with Gasteiger partial charge in [-0.3, -0.25) is 4.79 Å². The molecule has 0 saturated carbocycles. The lowest BCUT2D eigenvalue weighted by molar-refractivity contribution is 0.383. The van der Waals surface area contributed by atoms with E-state index in [1.54, 1.807) is 28.1 Å². The number of benzene rings is 2. The number of methoxy groups -OCH3 is 4. The Balaban J connectivity index is 2.58. The monoisotopic (exact) mass is 428 g/mol. The lowest BCUT2D eigenvalue weighted by Crippen LogP contribution is -2.09. The van der Waals surface area contributed by atoms with Gasteiger partial charge in [-0.05, 0) is 45.7 Å². The third-order valence-electron chi connectivity index (χ3n) is 5.91. The molecular weight excluding hydrogens is 400 g/mol. The van der Waals surface area contributed by atoms with E-state index in [9.17, 15) is 9.90 Å². The molecule has 0 radical (unpaired) electrons. The van der Waals surface area contributed by atoms with Crippen LogP contribution in [0.1, 0.15) is 27.8 Å². The van der Waals surface area contributed by atoms with E-state index in [4.69, 9.17) is 23.4 Å². The zero-order chi connectivity index (χ0) is 23.2. The number of aryl methyl sites for hydroxylation is 1. The fourth-order valence-corrected chi connectivity index (χ4v) is 4.34. The van der Waals surface area contributed by atoms with Crippen molar-refractivity contribution in [2.75, 3.05) is 28.4 Å². The Hall–Kier alpha value is -3.35. The highest BCUT2D eigenvalue weighted by Gasteiger charge is 2.29. The number of hydrogen-bond acceptors (Lipinski definition) is 7. The van der Waals surface area contributed by atoms with Crippen molar-refractivity contribution in [3.63, 3.8) is 0 Å². The van der Waals surface area contributed by atoms with E-state index in [0.29, 0.717) is 39.7 Å². The van der Waals surface area contributed by atoms with E-state index in [1.807, 2.05) is 20.8 Å². The molecule has 0 amide bonds. The summed E-state index contributed by atoms with van der Waals surface area (Å²) in [6.07, 6.45) is 0. The second-order valence-corrected chi connectivity index (χ2v) is 7.45. The van der Waals surface area contributed by atoms with Crippen molar-refractivity contribution in [1.82, 2.24) is 0 Å². The average molecular weight is 428 g/mol. The molecular formula is C24H28O7. The first-order chi connectivity index (χ1) is 14.7. The van der Waals surface area contributed by atoms with Gasteiger partial charge < -0.3 is 28.5 Å². The minimum Gasteiger partial charge on any atom is -0.502 e. The summed E-state index contributed by atoms with van der Waals surface area (Å²) in [5.74, 6) is 1.50. The molecule has 1 heterocycles. The molecule has 0 aliphatic heterocycles. The van der Waals surface area contributed by atoms with Gasteiger partial charge in [0.1, 0.15) is 34.0 Å². The van der Waals surface area contributed by atoms with Crippen LogP contribution < -0.4 is 24.4 Å². The minimum absolute atomic E-state index is 0.0248. The zero-order valence-corrected chi connectivity index (χ0v) is 19.4. The van der Waals surface area contributed by atoms with Crippen molar-refractivity contribution in [2.24, 2.45) is 0 Å². The van der Waals surface area contributed by atoms with Crippen molar-refractivity contribution >= 4 is 11.0 Å². The molecule has 7 nitrogen and oxygen atoms in total. The largest absolute Gasteiger partial charge is 0.502 e. The second-order valence-electron chi connectivity index (χ2n) is 7.45. The van der Waals surface area contributed by atoms with Gasteiger partial charge in [0, 0.05) is 16.7 Å². The van der Waals surface area contributed by atoms with Crippen LogP contribution in [-0.2, 0) is 0 Å². The third kappa shape index (κ3) is 3.07. The molecule has 0 saturated heterocycles. The van der Waals surface area contributed by atoms with E-state index in [1.165, 1.54) is 14.2 Å². The lowest BCUT2D eigenvalue weighted by atomic mass is 9.94. The highest BCUT2D eigenvalue weighted by Crippen LogP contribution is 2.47. The van der Waals surface area contributed by atoms with Crippen LogP contribution in [0.5, 0.6) is 28.7 Å². The summed E-state index contributed by atoms with van der Waals surface area (Å²) in [4.78, 5) is 13.3. The van der Waals surface area contributed by atoms with Gasteiger partial charge in [-0.15, -0.1) is 0 Å². The third-order valence-corrected chi connectivity index (χ3v) is 5.91. The fraction of sp³-hybridized carbons (Fsp3) is 0.375. The van der Waals surface area contributed by atoms with E-state index >= 15 is 0 Å². The van der Waals surface area contributed by atoms with Crippen LogP contribution in [0.25, 0.3) is 22.3 Å². The topological polar surface area (TPSA) is 87.4 Å². The van der Waals surface area contributed by atoms with Gasteiger partial charge in [0.05, 0.1) is 34.0 Å². The van der Waals surface area contributed by atoms with E-state index in [0.717, 1.165) is 16.7 Å². The van der Waals surface area contributed by atoms with Gasteiger partial charge in [0.15, 0.2) is 5.76 Å². The molecule has 0 aliphatic carbocycles. The summed E-state index contributed by atoms with van der Waals surface area (Å²) in [6, 6.07) is 0. The van der Waals surface area contributed by atoms with E-state index in [-0.39, 0.29) is 16.7 Å². The summed E-state index contributed by atoms with van der Waals surface area (Å²) < 4.78 is 28.4. The normalized spacial score (nSPS) is 11.0. The maximum absolute atomic E-state index is 13.3. The van der Waals surface area contributed by atoms with E-state index in [2.05, 4.69) is 0 Å². The molecule has 3 rings (SSSR count). The molecule has 31 heavy (non-hydrogen) atoms. The number of fused-ring (bicyclic) bond motifs is 1. The fourth-order valence-electron chi connectivity index (χ4n) is 4.34. The van der Waals surface area contributed by atoms with Gasteiger partial charge in [-0.25, -0.2) is 0 Å². The Morgan fingerprint density at radius 1 is 0.645 bits per heavy atom. The Kier molecular flexibility index (Phi) is 5.81. The molecule has 2 aromatic carbocycles. The van der Waals surface area contributed by atoms with Crippen LogP contribution in [0, 0.1) is 34.6 Å². The molecule has 0 aliphatic rings. The Labute approximate surface area is 181 Å². The first-order valence-corrected chi connectivity index (χ1v) is 9.79. The van der Waals surface area contributed by atoms with Gasteiger partial charge >= 0.3 is 0 Å². The quantitative estimate of drug-likeness (QED) is 0.628. The highest BCUT2D eigenvalue weighted by molar-refractivity contribution is 5.93. The molecule has 166 valence electrons. The Bertz CT molecular complexity index is 1250. The molecule has 3 aromatic rings. The van der Waals surface area contributed by atoms with Crippen LogP contribution in [-0.4, -0.2) is 33.5 Å². The maximum Gasteiger partial charge on any atom is 0.238 e. The molecule has 0 spiro atoms. The molecule has 1 aromatic heterocycles. The minimum atomic E-state index is -0.588. The number of aromatic hydroxyl groups is 1. The first-order valence-electron chi connectivity index (χ1n) is 9.79. The van der Waals surface area contributed by atoms with Gasteiger partial charge in [-0.2, -0.15) is 0 Å². The van der Waals surface area contributed by atoms with Crippen LogP contribution in [0.3, 0.4) is 0 Å². The molecule has 0 atom stereocenters. The van der Waals surface area contributed by atoms with E-state index < -0.39 is 11.2 Å². The summed E-state index contributed by atoms with van der Waals surface area (Å²) >= 11 is 0. The van der Waals surface area contributed by atoms with Crippen molar-refractivity contribution in [3.8, 4) is 40.1 Å². The highest BCUT2D eigenvalue weighted by atomic mass is 16.5. The summed E-state index contributed by atoms with van der Waals surface area (Å²) in [6.45, 7) is 9.21. The number of ether oxygens (including phenoxy) is 4. The van der Waals surface area contributed by atoms with Crippen LogP contribution >= 0.6 is 0 Å². The summed E-state index contributed by atoms with van der Waals surface area (Å²) in [5.41, 5.74) is 3.83. The second kappa shape index (κ2) is 8.06. The van der Waals surface area contributed by atoms with Gasteiger partial charge in [0.25, 0.3) is 0 Å². The first kappa shape index (κ1) is 22.3. The molecule has 0 unspecified atom stereocenters. The zero-order valence-electron chi connectivity index (χ0n) is 19.4. The standard InChI is InChI=1S/C24H28O7/c1-10-11(2)19(27-6)12(3)21(29-8)15(10)24-18(26)17(25)16-22(30-9)13(4)20(28-7)14(5)23(16)31-24/h26H,1-9H3. The number of rotatable bonds is 5. The SMILES string of the molecule is COc1c(C)c(C)c(-c2oc3c(C)c(OC)c(C)c(OC)c3c(=O)c2O)c(OC)c1C. The maximum atomic E-state index is 13.3. The van der Waals surface area contributed by atoms with Crippen LogP contribution in [0.2, 0.25) is 0 Å². The smallest absolute Gasteiger partial charge is 0.238 e. The van der Waals surface area contributed by atoms with Crippen molar-refractivity contribution in [1.29, 1.82) is 0 Å².